The van der Waals surface area contributed by atoms with Gasteiger partial charge in [0.05, 0.1) is 36.4 Å². The number of hydrogen-bond acceptors (Lipinski definition) is 3. The van der Waals surface area contributed by atoms with Crippen LogP contribution in [0.2, 0.25) is 30.1 Å². The van der Waals surface area contributed by atoms with Gasteiger partial charge in [-0.1, -0.05) is 69.6 Å². The van der Waals surface area contributed by atoms with Gasteiger partial charge in [0.1, 0.15) is 0 Å². The highest BCUT2D eigenvalue weighted by Gasteiger charge is 2.20. The first-order valence-electron chi connectivity index (χ1n) is 7.13. The summed E-state index contributed by atoms with van der Waals surface area (Å²) in [7, 11) is 0. The fourth-order valence-corrected chi connectivity index (χ4v) is 4.47. The summed E-state index contributed by atoms with van der Waals surface area (Å²) < 4.78 is 0. The molecule has 0 spiro atoms. The molecule has 1 aromatic heterocycles. The van der Waals surface area contributed by atoms with Crippen molar-refractivity contribution in [1.82, 2.24) is 4.98 Å². The quantitative estimate of drug-likeness (QED) is 0.279. The lowest BCUT2D eigenvalue weighted by molar-refractivity contribution is -0.384. The Morgan fingerprint density at radius 1 is 0.667 bits per heavy atom. The van der Waals surface area contributed by atoms with Crippen LogP contribution in [0.1, 0.15) is 0 Å². The Morgan fingerprint density at radius 2 is 1.00 bits per heavy atom. The second-order valence-electron chi connectivity index (χ2n) is 5.34. The zero-order valence-corrected chi connectivity index (χ0v) is 17.5. The van der Waals surface area contributed by atoms with Crippen LogP contribution in [0, 0.1) is 10.1 Å². The Bertz CT molecular complexity index is 965. The third kappa shape index (κ3) is 4.27. The summed E-state index contributed by atoms with van der Waals surface area (Å²) in [5.74, 6) is 0. The molecule has 2 aromatic carbocycles. The monoisotopic (exact) mass is 480 g/mol. The Labute approximate surface area is 183 Å². The Balaban J connectivity index is 2.33. The summed E-state index contributed by atoms with van der Waals surface area (Å²) in [6.45, 7) is 0. The first-order chi connectivity index (χ1) is 12.7. The fourth-order valence-electron chi connectivity index (χ4n) is 2.45. The maximum Gasteiger partial charge on any atom is 0.273 e. The van der Waals surface area contributed by atoms with E-state index in [1.165, 1.54) is 36.4 Å². The molecule has 3 aromatic rings. The maximum atomic E-state index is 11.4. The van der Waals surface area contributed by atoms with Crippen molar-refractivity contribution in [3.63, 3.8) is 0 Å². The van der Waals surface area contributed by atoms with Gasteiger partial charge in [-0.05, 0) is 24.3 Å². The number of pyridine rings is 1. The molecule has 0 saturated heterocycles. The molecule has 0 atom stereocenters. The summed E-state index contributed by atoms with van der Waals surface area (Å²) in [6.07, 6.45) is 0. The molecule has 1 heterocycles. The van der Waals surface area contributed by atoms with Crippen LogP contribution in [0.25, 0.3) is 22.5 Å². The van der Waals surface area contributed by atoms with E-state index in [-0.39, 0.29) is 37.2 Å². The highest BCUT2D eigenvalue weighted by Crippen LogP contribution is 2.41. The van der Waals surface area contributed by atoms with Crippen LogP contribution in [-0.4, -0.2) is 9.91 Å². The lowest BCUT2D eigenvalue weighted by Gasteiger charge is -2.11. The Morgan fingerprint density at radius 3 is 1.30 bits per heavy atom. The number of rotatable bonds is 3. The lowest BCUT2D eigenvalue weighted by atomic mass is 10.1. The zero-order valence-electron chi connectivity index (χ0n) is 12.9. The third-order valence-electron chi connectivity index (χ3n) is 3.55. The van der Waals surface area contributed by atoms with Crippen molar-refractivity contribution in [2.45, 2.75) is 0 Å². The fraction of sp³-hybridized carbons (Fsp3) is 0. The summed E-state index contributed by atoms with van der Waals surface area (Å²) in [6, 6.07) is 8.36. The van der Waals surface area contributed by atoms with Gasteiger partial charge in [-0.15, -0.1) is 0 Å². The molecule has 0 amide bonds. The van der Waals surface area contributed by atoms with Crippen molar-refractivity contribution in [1.29, 1.82) is 0 Å². The maximum absolute atomic E-state index is 11.4. The van der Waals surface area contributed by atoms with Crippen molar-refractivity contribution < 1.29 is 4.92 Å². The van der Waals surface area contributed by atoms with E-state index in [4.69, 9.17) is 69.6 Å². The van der Waals surface area contributed by atoms with Crippen molar-refractivity contribution in [2.75, 3.05) is 0 Å². The third-order valence-corrected chi connectivity index (χ3v) is 5.18. The first kappa shape index (κ1) is 20.5. The molecular weight excluding hydrogens is 477 g/mol. The van der Waals surface area contributed by atoms with Crippen LogP contribution in [0.3, 0.4) is 0 Å². The van der Waals surface area contributed by atoms with Crippen molar-refractivity contribution in [2.24, 2.45) is 0 Å². The molecule has 10 heteroatoms. The SMILES string of the molecule is O=[N+]([O-])c1cc(-c2c(Cl)cc(Cl)cc2Cl)nc(-c2c(Cl)cc(Cl)cc2Cl)c1. The molecule has 0 radical (unpaired) electrons. The molecule has 0 aliphatic rings. The molecule has 4 nitrogen and oxygen atoms in total. The van der Waals surface area contributed by atoms with Gasteiger partial charge in [-0.25, -0.2) is 4.98 Å². The van der Waals surface area contributed by atoms with E-state index in [1.54, 1.807) is 0 Å². The van der Waals surface area contributed by atoms with Crippen molar-refractivity contribution in [3.05, 3.63) is 76.6 Å². The zero-order chi connectivity index (χ0) is 19.9. The summed E-state index contributed by atoms with van der Waals surface area (Å²) in [4.78, 5) is 15.3. The molecule has 27 heavy (non-hydrogen) atoms. The van der Waals surface area contributed by atoms with Crippen molar-refractivity contribution >= 4 is 75.3 Å². The van der Waals surface area contributed by atoms with E-state index >= 15 is 0 Å². The number of halogens is 6. The second kappa shape index (κ2) is 8.00. The average Bonchev–Trinajstić information content (AvgIpc) is 2.52. The Hall–Kier alpha value is -1.27. The predicted molar refractivity (Wildman–Crippen MR) is 112 cm³/mol. The van der Waals surface area contributed by atoms with Crippen LogP contribution in [0.15, 0.2) is 36.4 Å². The van der Waals surface area contributed by atoms with Gasteiger partial charge in [0.15, 0.2) is 0 Å². The normalized spacial score (nSPS) is 10.9. The van der Waals surface area contributed by atoms with Crippen LogP contribution < -0.4 is 0 Å². The average molecular weight is 483 g/mol. The van der Waals surface area contributed by atoms with E-state index in [9.17, 15) is 10.1 Å². The van der Waals surface area contributed by atoms with E-state index in [0.29, 0.717) is 21.2 Å². The van der Waals surface area contributed by atoms with Crippen LogP contribution in [-0.2, 0) is 0 Å². The molecule has 0 saturated carbocycles. The van der Waals surface area contributed by atoms with Crippen LogP contribution in [0.5, 0.6) is 0 Å². The van der Waals surface area contributed by atoms with E-state index in [1.807, 2.05) is 0 Å². The molecule has 0 bridgehead atoms. The van der Waals surface area contributed by atoms with Crippen molar-refractivity contribution in [3.8, 4) is 22.5 Å². The van der Waals surface area contributed by atoms with Gasteiger partial charge in [0, 0.05) is 33.3 Å². The van der Waals surface area contributed by atoms with Gasteiger partial charge in [0.2, 0.25) is 0 Å². The summed E-state index contributed by atoms with van der Waals surface area (Å²) >= 11 is 36.8. The highest BCUT2D eigenvalue weighted by molar-refractivity contribution is 6.42. The van der Waals surface area contributed by atoms with Gasteiger partial charge < -0.3 is 0 Å². The topological polar surface area (TPSA) is 56.0 Å². The molecule has 0 unspecified atom stereocenters. The number of hydrogen-bond donors (Lipinski definition) is 0. The molecule has 0 fully saturated rings. The predicted octanol–water partition coefficient (Wildman–Crippen LogP) is 8.24. The van der Waals surface area contributed by atoms with E-state index in [2.05, 4.69) is 4.98 Å². The minimum absolute atomic E-state index is 0.174. The molecule has 0 N–H and O–H groups in total. The summed E-state index contributed by atoms with van der Waals surface area (Å²) in [5, 5.41) is 12.8. The minimum atomic E-state index is -0.565. The molecule has 0 aliphatic carbocycles. The molecule has 0 aliphatic heterocycles. The first-order valence-corrected chi connectivity index (χ1v) is 9.40. The highest BCUT2D eigenvalue weighted by atomic mass is 35.5. The molecular formula is C17H6Cl6N2O2. The lowest BCUT2D eigenvalue weighted by Crippen LogP contribution is -1.96. The number of nitro groups is 1. The minimum Gasteiger partial charge on any atom is -0.258 e. The smallest absolute Gasteiger partial charge is 0.258 e. The summed E-state index contributed by atoms with van der Waals surface area (Å²) in [5.41, 5.74) is 0.711. The molecule has 138 valence electrons. The second-order valence-corrected chi connectivity index (χ2v) is 7.84. The standard InChI is InChI=1S/C17H6Cl6N2O2/c18-7-1-10(20)16(11(21)2-7)14-5-9(25(26)27)6-15(24-14)17-12(22)3-8(19)4-13(17)23/h1-6H. The number of nitrogens with zero attached hydrogens (tertiary/aromatic N) is 2. The van der Waals surface area contributed by atoms with Gasteiger partial charge >= 0.3 is 0 Å². The number of aromatic nitrogens is 1. The van der Waals surface area contributed by atoms with Gasteiger partial charge in [-0.3, -0.25) is 10.1 Å². The largest absolute Gasteiger partial charge is 0.273 e. The van der Waals surface area contributed by atoms with Gasteiger partial charge in [-0.2, -0.15) is 0 Å². The van der Waals surface area contributed by atoms with E-state index < -0.39 is 4.92 Å². The number of benzene rings is 2. The van der Waals surface area contributed by atoms with Crippen LogP contribution in [0.4, 0.5) is 5.69 Å². The molecule has 3 rings (SSSR count). The van der Waals surface area contributed by atoms with Crippen LogP contribution >= 0.6 is 69.6 Å². The van der Waals surface area contributed by atoms with Gasteiger partial charge in [0.25, 0.3) is 5.69 Å². The Kier molecular flexibility index (Phi) is 6.06. The van der Waals surface area contributed by atoms with E-state index in [0.717, 1.165) is 0 Å².